The first-order valence-corrected chi connectivity index (χ1v) is 7.51. The summed E-state index contributed by atoms with van der Waals surface area (Å²) in [4.78, 5) is 1.81. The Morgan fingerprint density at radius 2 is 1.75 bits per heavy atom. The van der Waals surface area contributed by atoms with Crippen LogP contribution in [0.5, 0.6) is 0 Å². The molecule has 3 rings (SSSR count). The summed E-state index contributed by atoms with van der Waals surface area (Å²) in [5.74, 6) is 4.82. The smallest absolute Gasteiger partial charge is 0.103 e. The molecular formula is C14H20NS+. The van der Waals surface area contributed by atoms with E-state index in [2.05, 4.69) is 42.1 Å². The molecule has 2 heterocycles. The van der Waals surface area contributed by atoms with Crippen molar-refractivity contribution in [1.29, 1.82) is 0 Å². The van der Waals surface area contributed by atoms with Crippen LogP contribution in [0.4, 0.5) is 0 Å². The minimum atomic E-state index is 0.996. The Bertz CT molecular complexity index is 326. The highest BCUT2D eigenvalue weighted by molar-refractivity contribution is 7.99. The number of hydrogen-bond donors (Lipinski definition) is 1. The van der Waals surface area contributed by atoms with Crippen LogP contribution in [0.1, 0.15) is 12.0 Å². The van der Waals surface area contributed by atoms with Crippen LogP contribution in [0, 0.1) is 11.8 Å². The van der Waals surface area contributed by atoms with Crippen molar-refractivity contribution in [2.75, 3.05) is 24.6 Å². The lowest BCUT2D eigenvalue weighted by atomic mass is 9.91. The van der Waals surface area contributed by atoms with Crippen LogP contribution in [0.2, 0.25) is 0 Å². The summed E-state index contributed by atoms with van der Waals surface area (Å²) in [7, 11) is 0. The Morgan fingerprint density at radius 3 is 2.44 bits per heavy atom. The number of benzene rings is 1. The van der Waals surface area contributed by atoms with Crippen molar-refractivity contribution in [1.82, 2.24) is 0 Å². The third-order valence-corrected chi connectivity index (χ3v) is 5.24. The molecule has 0 aromatic heterocycles. The monoisotopic (exact) mass is 234 g/mol. The Hall–Kier alpha value is -0.470. The van der Waals surface area contributed by atoms with Gasteiger partial charge in [0.1, 0.15) is 6.54 Å². The zero-order chi connectivity index (χ0) is 10.8. The predicted molar refractivity (Wildman–Crippen MR) is 69.8 cm³/mol. The van der Waals surface area contributed by atoms with E-state index in [1.807, 2.05) is 4.90 Å². The molecule has 0 aliphatic carbocycles. The minimum absolute atomic E-state index is 0.996. The average Bonchev–Trinajstić information content (AvgIpc) is 2.30. The van der Waals surface area contributed by atoms with Crippen molar-refractivity contribution >= 4 is 11.8 Å². The van der Waals surface area contributed by atoms with E-state index in [1.54, 1.807) is 0 Å². The highest BCUT2D eigenvalue weighted by Crippen LogP contribution is 2.28. The van der Waals surface area contributed by atoms with Gasteiger partial charge < -0.3 is 4.90 Å². The lowest BCUT2D eigenvalue weighted by Crippen LogP contribution is -3.13. The quantitative estimate of drug-likeness (QED) is 0.811. The second-order valence-corrected chi connectivity index (χ2v) is 6.40. The lowest BCUT2D eigenvalue weighted by Gasteiger charge is -2.38. The van der Waals surface area contributed by atoms with E-state index >= 15 is 0 Å². The fourth-order valence-corrected chi connectivity index (χ4v) is 4.53. The first-order chi connectivity index (χ1) is 7.90. The maximum Gasteiger partial charge on any atom is 0.103 e. The van der Waals surface area contributed by atoms with Crippen LogP contribution in [0.3, 0.4) is 0 Å². The summed E-state index contributed by atoms with van der Waals surface area (Å²) in [6.45, 7) is 4.04. The summed E-state index contributed by atoms with van der Waals surface area (Å²) in [5.41, 5.74) is 1.50. The average molecular weight is 234 g/mol. The molecule has 1 N–H and O–H groups in total. The molecule has 1 nitrogen and oxygen atoms in total. The maximum atomic E-state index is 2.27. The summed E-state index contributed by atoms with van der Waals surface area (Å²) in [6.07, 6.45) is 1.51. The van der Waals surface area contributed by atoms with Crippen molar-refractivity contribution in [2.45, 2.75) is 13.0 Å². The van der Waals surface area contributed by atoms with Gasteiger partial charge in [0, 0.05) is 28.9 Å². The van der Waals surface area contributed by atoms with Gasteiger partial charge in [-0.25, -0.2) is 0 Å². The number of rotatable bonds is 2. The van der Waals surface area contributed by atoms with Gasteiger partial charge in [-0.15, -0.1) is 0 Å². The van der Waals surface area contributed by atoms with Crippen molar-refractivity contribution in [2.24, 2.45) is 11.8 Å². The topological polar surface area (TPSA) is 4.44 Å². The van der Waals surface area contributed by atoms with Crippen LogP contribution in [0.15, 0.2) is 30.3 Å². The van der Waals surface area contributed by atoms with Gasteiger partial charge >= 0.3 is 0 Å². The molecule has 0 spiro atoms. The second-order valence-electron chi connectivity index (χ2n) is 5.33. The Morgan fingerprint density at radius 1 is 1.06 bits per heavy atom. The third kappa shape index (κ3) is 2.44. The van der Waals surface area contributed by atoms with E-state index in [0.29, 0.717) is 0 Å². The number of hydrogen-bond acceptors (Lipinski definition) is 1. The minimum Gasteiger partial charge on any atom is -0.331 e. The molecule has 2 unspecified atom stereocenters. The summed E-state index contributed by atoms with van der Waals surface area (Å²) < 4.78 is 0. The Labute approximate surface area is 102 Å². The van der Waals surface area contributed by atoms with Crippen molar-refractivity contribution < 1.29 is 4.90 Å². The molecule has 0 radical (unpaired) electrons. The number of piperidine rings is 1. The fraction of sp³-hybridized carbons (Fsp3) is 0.571. The lowest BCUT2D eigenvalue weighted by molar-refractivity contribution is -0.925. The van der Waals surface area contributed by atoms with Crippen LogP contribution in [-0.4, -0.2) is 24.6 Å². The Kier molecular flexibility index (Phi) is 3.20. The molecule has 2 saturated heterocycles. The first kappa shape index (κ1) is 10.7. The molecule has 0 amide bonds. The van der Waals surface area contributed by atoms with E-state index < -0.39 is 0 Å². The number of quaternary nitrogens is 1. The molecule has 0 saturated carbocycles. The fourth-order valence-electron chi connectivity index (χ4n) is 3.22. The molecule has 86 valence electrons. The zero-order valence-corrected chi connectivity index (χ0v) is 10.5. The molecule has 2 aliphatic rings. The molecule has 1 aromatic rings. The van der Waals surface area contributed by atoms with Gasteiger partial charge in [0.15, 0.2) is 0 Å². The van der Waals surface area contributed by atoms with Crippen molar-refractivity contribution in [3.63, 3.8) is 0 Å². The predicted octanol–water partition coefficient (Wildman–Crippen LogP) is 1.45. The van der Waals surface area contributed by atoms with E-state index in [4.69, 9.17) is 0 Å². The number of likely N-dealkylation sites (tertiary alicyclic amines) is 1. The molecule has 16 heavy (non-hydrogen) atoms. The summed E-state index contributed by atoms with van der Waals surface area (Å²) >= 11 is 2.18. The molecule has 2 bridgehead atoms. The van der Waals surface area contributed by atoms with E-state index in [9.17, 15) is 0 Å². The van der Waals surface area contributed by atoms with Gasteiger partial charge in [0.2, 0.25) is 0 Å². The number of nitrogens with one attached hydrogen (secondary N) is 1. The highest BCUT2D eigenvalue weighted by Gasteiger charge is 2.33. The molecular weight excluding hydrogens is 214 g/mol. The standard InChI is InChI=1S/C14H19NS/c1-2-4-12(5-3-1)7-15-8-13-6-14(9-15)11-16-10-13/h1-5,13-14H,6-11H2/p+1. The van der Waals surface area contributed by atoms with E-state index in [-0.39, 0.29) is 0 Å². The molecule has 2 heteroatoms. The second kappa shape index (κ2) is 4.80. The molecule has 1 aromatic carbocycles. The van der Waals surface area contributed by atoms with Crippen LogP contribution in [-0.2, 0) is 6.54 Å². The SMILES string of the molecule is c1ccc(C[NH+]2CC3CSCC(C3)C2)cc1. The van der Waals surface area contributed by atoms with Crippen LogP contribution in [0.25, 0.3) is 0 Å². The summed E-state index contributed by atoms with van der Waals surface area (Å²) in [5, 5.41) is 0. The maximum absolute atomic E-state index is 2.27. The number of fused-ring (bicyclic) bond motifs is 2. The zero-order valence-electron chi connectivity index (χ0n) is 9.69. The van der Waals surface area contributed by atoms with Gasteiger partial charge in [0.25, 0.3) is 0 Å². The van der Waals surface area contributed by atoms with Gasteiger partial charge in [-0.05, 0) is 6.42 Å². The van der Waals surface area contributed by atoms with Crippen LogP contribution < -0.4 is 4.90 Å². The van der Waals surface area contributed by atoms with Crippen molar-refractivity contribution in [3.05, 3.63) is 35.9 Å². The molecule has 2 atom stereocenters. The van der Waals surface area contributed by atoms with Crippen molar-refractivity contribution in [3.8, 4) is 0 Å². The van der Waals surface area contributed by atoms with E-state index in [0.717, 1.165) is 11.8 Å². The molecule has 2 fully saturated rings. The summed E-state index contributed by atoms with van der Waals surface area (Å²) in [6, 6.07) is 11.0. The first-order valence-electron chi connectivity index (χ1n) is 6.35. The number of thioether (sulfide) groups is 1. The van der Waals surface area contributed by atoms with Gasteiger partial charge in [-0.3, -0.25) is 0 Å². The molecule has 2 aliphatic heterocycles. The van der Waals surface area contributed by atoms with Crippen LogP contribution >= 0.6 is 11.8 Å². The third-order valence-electron chi connectivity index (χ3n) is 3.83. The highest BCUT2D eigenvalue weighted by atomic mass is 32.2. The normalized spacial score (nSPS) is 33.6. The largest absolute Gasteiger partial charge is 0.331 e. The van der Waals surface area contributed by atoms with Gasteiger partial charge in [-0.1, -0.05) is 30.3 Å². The van der Waals surface area contributed by atoms with Gasteiger partial charge in [0.05, 0.1) is 13.1 Å². The van der Waals surface area contributed by atoms with E-state index in [1.165, 1.54) is 43.1 Å². The van der Waals surface area contributed by atoms with Gasteiger partial charge in [-0.2, -0.15) is 11.8 Å². The Balaban J connectivity index is 1.63.